The molecule has 17 heavy (non-hydrogen) atoms. The van der Waals surface area contributed by atoms with Crippen LogP contribution in [0, 0.1) is 6.92 Å². The number of rotatable bonds is 5. The van der Waals surface area contributed by atoms with E-state index in [1.165, 1.54) is 16.7 Å². The second-order valence-electron chi connectivity index (χ2n) is 4.89. The lowest BCUT2D eigenvalue weighted by molar-refractivity contribution is 0.262. The van der Waals surface area contributed by atoms with Crippen LogP contribution >= 0.6 is 0 Å². The Bertz CT molecular complexity index is 365. The van der Waals surface area contributed by atoms with Gasteiger partial charge >= 0.3 is 0 Å². The zero-order chi connectivity index (χ0) is 13.0. The number of aliphatic hydroxyl groups excluding tert-OH is 1. The Labute approximate surface area is 105 Å². The lowest BCUT2D eigenvalue weighted by Crippen LogP contribution is -2.07. The number of ether oxygens (including phenoxy) is 1. The van der Waals surface area contributed by atoms with E-state index in [-0.39, 0.29) is 12.5 Å². The summed E-state index contributed by atoms with van der Waals surface area (Å²) in [7, 11) is 1.71. The van der Waals surface area contributed by atoms with E-state index < -0.39 is 0 Å². The number of hydrogen-bond donors (Lipinski definition) is 1. The largest absolute Gasteiger partial charge is 0.496 e. The highest BCUT2D eigenvalue weighted by atomic mass is 16.5. The van der Waals surface area contributed by atoms with Crippen molar-refractivity contribution in [2.45, 2.75) is 46.0 Å². The highest BCUT2D eigenvalue weighted by Crippen LogP contribution is 2.33. The summed E-state index contributed by atoms with van der Waals surface area (Å²) in [5.74, 6) is 1.62. The molecule has 0 saturated heterocycles. The molecule has 0 heterocycles. The minimum atomic E-state index is 0.210. The van der Waals surface area contributed by atoms with Gasteiger partial charge in [0.05, 0.1) is 7.11 Å². The van der Waals surface area contributed by atoms with Gasteiger partial charge < -0.3 is 9.84 Å². The molecule has 0 fully saturated rings. The third kappa shape index (κ3) is 3.01. The van der Waals surface area contributed by atoms with Crippen LogP contribution < -0.4 is 4.74 Å². The fourth-order valence-electron chi connectivity index (χ4n) is 2.23. The van der Waals surface area contributed by atoms with Crippen LogP contribution in [0.1, 0.15) is 55.7 Å². The van der Waals surface area contributed by atoms with Gasteiger partial charge in [0, 0.05) is 12.5 Å². The van der Waals surface area contributed by atoms with Crippen molar-refractivity contribution in [2.24, 2.45) is 0 Å². The summed E-state index contributed by atoms with van der Waals surface area (Å²) in [4.78, 5) is 0. The van der Waals surface area contributed by atoms with Crippen LogP contribution in [0.15, 0.2) is 12.1 Å². The molecule has 0 spiro atoms. The van der Waals surface area contributed by atoms with E-state index in [2.05, 4.69) is 39.8 Å². The molecule has 1 rings (SSSR count). The molecule has 0 aliphatic carbocycles. The fraction of sp³-hybridized carbons (Fsp3) is 0.600. The number of hydrogen-bond acceptors (Lipinski definition) is 2. The minimum Gasteiger partial charge on any atom is -0.496 e. The van der Waals surface area contributed by atoms with Gasteiger partial charge in [0.25, 0.3) is 0 Å². The van der Waals surface area contributed by atoms with Crippen molar-refractivity contribution in [3.8, 4) is 5.75 Å². The zero-order valence-corrected chi connectivity index (χ0v) is 11.6. The number of aliphatic hydroxyl groups is 1. The van der Waals surface area contributed by atoms with Crippen LogP contribution in [0.5, 0.6) is 5.75 Å². The third-order valence-electron chi connectivity index (χ3n) is 3.39. The van der Waals surface area contributed by atoms with Gasteiger partial charge in [-0.15, -0.1) is 0 Å². The second kappa shape index (κ2) is 6.06. The highest BCUT2D eigenvalue weighted by molar-refractivity contribution is 5.45. The van der Waals surface area contributed by atoms with Gasteiger partial charge in [-0.1, -0.05) is 26.8 Å². The smallest absolute Gasteiger partial charge is 0.122 e. The molecule has 0 aliphatic rings. The normalized spacial score (nSPS) is 12.9. The molecule has 1 N–H and O–H groups in total. The van der Waals surface area contributed by atoms with Crippen LogP contribution in [0.3, 0.4) is 0 Å². The molecule has 0 saturated carbocycles. The molecule has 1 aromatic carbocycles. The molecule has 2 nitrogen and oxygen atoms in total. The maximum atomic E-state index is 9.43. The predicted molar refractivity (Wildman–Crippen MR) is 71.9 cm³/mol. The average Bonchev–Trinajstić information content (AvgIpc) is 2.31. The van der Waals surface area contributed by atoms with Gasteiger partial charge in [0.2, 0.25) is 0 Å². The van der Waals surface area contributed by atoms with E-state index in [4.69, 9.17) is 4.74 Å². The van der Waals surface area contributed by atoms with Crippen molar-refractivity contribution in [3.05, 3.63) is 28.8 Å². The van der Waals surface area contributed by atoms with Crippen LogP contribution in [0.2, 0.25) is 0 Å². The van der Waals surface area contributed by atoms with Crippen molar-refractivity contribution < 1.29 is 9.84 Å². The summed E-state index contributed by atoms with van der Waals surface area (Å²) in [5.41, 5.74) is 3.67. The molecular weight excluding hydrogens is 212 g/mol. The van der Waals surface area contributed by atoms with Crippen molar-refractivity contribution in [2.75, 3.05) is 13.7 Å². The Morgan fingerprint density at radius 2 is 1.88 bits per heavy atom. The maximum Gasteiger partial charge on any atom is 0.122 e. The molecule has 0 aliphatic heterocycles. The van der Waals surface area contributed by atoms with Crippen molar-refractivity contribution in [3.63, 3.8) is 0 Å². The second-order valence-corrected chi connectivity index (χ2v) is 4.89. The Kier molecular flexibility index (Phi) is 5.01. The highest BCUT2D eigenvalue weighted by Gasteiger charge is 2.16. The first kappa shape index (κ1) is 14.0. The molecule has 96 valence electrons. The Balaban J connectivity index is 3.28. The van der Waals surface area contributed by atoms with Crippen molar-refractivity contribution in [1.29, 1.82) is 0 Å². The first-order chi connectivity index (χ1) is 8.04. The summed E-state index contributed by atoms with van der Waals surface area (Å²) in [6.07, 6.45) is 0.960. The van der Waals surface area contributed by atoms with E-state index in [9.17, 15) is 5.11 Å². The minimum absolute atomic E-state index is 0.210. The van der Waals surface area contributed by atoms with Gasteiger partial charge in [0.15, 0.2) is 0 Å². The Morgan fingerprint density at radius 1 is 1.24 bits per heavy atom. The van der Waals surface area contributed by atoms with Crippen LogP contribution in [0.4, 0.5) is 0 Å². The van der Waals surface area contributed by atoms with Crippen LogP contribution in [-0.2, 0) is 0 Å². The maximum absolute atomic E-state index is 9.43. The zero-order valence-electron chi connectivity index (χ0n) is 11.6. The quantitative estimate of drug-likeness (QED) is 0.846. The Morgan fingerprint density at radius 3 is 2.29 bits per heavy atom. The number of benzene rings is 1. The number of methoxy groups -OCH3 is 1. The average molecular weight is 236 g/mol. The standard InChI is InChI=1S/C15H24O2/c1-6-12(9-16)14-8-13(10(2)3)15(17-5)7-11(14)4/h7-8,10,12,16H,6,9H2,1-5H3. The molecule has 0 bridgehead atoms. The summed E-state index contributed by atoms with van der Waals surface area (Å²) in [6, 6.07) is 4.28. The Hall–Kier alpha value is -1.02. The predicted octanol–water partition coefficient (Wildman–Crippen LogP) is 3.61. The van der Waals surface area contributed by atoms with Gasteiger partial charge in [0.1, 0.15) is 5.75 Å². The van der Waals surface area contributed by atoms with Crippen LogP contribution in [-0.4, -0.2) is 18.8 Å². The van der Waals surface area contributed by atoms with Gasteiger partial charge in [-0.2, -0.15) is 0 Å². The topological polar surface area (TPSA) is 29.5 Å². The monoisotopic (exact) mass is 236 g/mol. The van der Waals surface area contributed by atoms with E-state index >= 15 is 0 Å². The summed E-state index contributed by atoms with van der Waals surface area (Å²) >= 11 is 0. The van der Waals surface area contributed by atoms with Crippen molar-refractivity contribution >= 4 is 0 Å². The molecule has 0 radical (unpaired) electrons. The molecule has 1 unspecified atom stereocenters. The molecule has 1 aromatic rings. The molecular formula is C15H24O2. The van der Waals surface area contributed by atoms with E-state index in [0.29, 0.717) is 5.92 Å². The lowest BCUT2D eigenvalue weighted by atomic mass is 9.88. The van der Waals surface area contributed by atoms with E-state index in [1.54, 1.807) is 7.11 Å². The molecule has 1 atom stereocenters. The summed E-state index contributed by atoms with van der Waals surface area (Å²) in [6.45, 7) is 8.73. The van der Waals surface area contributed by atoms with Crippen LogP contribution in [0.25, 0.3) is 0 Å². The summed E-state index contributed by atoms with van der Waals surface area (Å²) < 4.78 is 5.43. The summed E-state index contributed by atoms with van der Waals surface area (Å²) in [5, 5.41) is 9.43. The van der Waals surface area contributed by atoms with Gasteiger partial charge in [-0.3, -0.25) is 0 Å². The molecule has 0 aromatic heterocycles. The van der Waals surface area contributed by atoms with Crippen molar-refractivity contribution in [1.82, 2.24) is 0 Å². The number of aryl methyl sites for hydroxylation is 1. The van der Waals surface area contributed by atoms with Gasteiger partial charge in [-0.25, -0.2) is 0 Å². The first-order valence-electron chi connectivity index (χ1n) is 6.34. The third-order valence-corrected chi connectivity index (χ3v) is 3.39. The first-order valence-corrected chi connectivity index (χ1v) is 6.34. The SMILES string of the molecule is CCC(CO)c1cc(C(C)C)c(OC)cc1C. The van der Waals surface area contributed by atoms with E-state index in [0.717, 1.165) is 12.2 Å². The fourth-order valence-corrected chi connectivity index (χ4v) is 2.23. The lowest BCUT2D eigenvalue weighted by Gasteiger charge is -2.20. The van der Waals surface area contributed by atoms with E-state index in [1.807, 2.05) is 0 Å². The molecule has 2 heteroatoms. The van der Waals surface area contributed by atoms with Gasteiger partial charge in [-0.05, 0) is 42.0 Å². The molecule has 0 amide bonds.